The summed E-state index contributed by atoms with van der Waals surface area (Å²) in [6.45, 7) is 0. The summed E-state index contributed by atoms with van der Waals surface area (Å²) in [7, 11) is -7.72. The van der Waals surface area contributed by atoms with E-state index in [0.29, 0.717) is 18.6 Å². The smallest absolute Gasteiger partial charge is 1.00 e. The number of para-hydroxylation sites is 1. The molecule has 33 heavy (non-hydrogen) atoms. The van der Waals surface area contributed by atoms with Crippen molar-refractivity contribution in [2.75, 3.05) is 0 Å². The Kier molecular flexibility index (Phi) is 11.8. The van der Waals surface area contributed by atoms with Crippen molar-refractivity contribution in [2.45, 2.75) is 31.1 Å². The van der Waals surface area contributed by atoms with Crippen molar-refractivity contribution in [3.8, 4) is 11.5 Å². The molecular formula is C23H25KO7PS+. The summed E-state index contributed by atoms with van der Waals surface area (Å²) in [5, 5.41) is 0. The summed E-state index contributed by atoms with van der Waals surface area (Å²) < 4.78 is 53.1. The molecule has 7 nitrogen and oxygen atoms in total. The van der Waals surface area contributed by atoms with Crippen LogP contribution in [0.5, 0.6) is 11.5 Å². The van der Waals surface area contributed by atoms with Crippen LogP contribution in [0, 0.1) is 0 Å². The Bertz CT molecular complexity index is 1160. The molecule has 170 valence electrons. The van der Waals surface area contributed by atoms with Crippen molar-refractivity contribution < 1.29 is 84.5 Å². The fourth-order valence-electron chi connectivity index (χ4n) is 3.29. The first-order chi connectivity index (χ1) is 15.3. The van der Waals surface area contributed by atoms with Crippen LogP contribution in [-0.2, 0) is 32.0 Å². The first-order valence-electron chi connectivity index (χ1n) is 9.99. The van der Waals surface area contributed by atoms with Crippen LogP contribution >= 0.6 is 8.25 Å². The summed E-state index contributed by atoms with van der Waals surface area (Å²) >= 11 is 0. The normalized spacial score (nSPS) is 12.5. The molecule has 10 heteroatoms. The van der Waals surface area contributed by atoms with Gasteiger partial charge in [0.25, 0.3) is 10.1 Å². The third-order valence-corrected chi connectivity index (χ3v) is 6.36. The molecule has 2 N–H and O–H groups in total. The molecule has 0 amide bonds. The van der Waals surface area contributed by atoms with E-state index in [1.807, 2.05) is 66.7 Å². The second-order valence-electron chi connectivity index (χ2n) is 7.20. The molecule has 0 aliphatic rings. The van der Waals surface area contributed by atoms with Crippen molar-refractivity contribution in [3.05, 3.63) is 95.6 Å². The van der Waals surface area contributed by atoms with E-state index in [0.717, 1.165) is 23.3 Å². The second-order valence-corrected chi connectivity index (χ2v) is 9.44. The van der Waals surface area contributed by atoms with E-state index in [4.69, 9.17) is 14.2 Å². The number of hydrogen-bond acceptors (Lipinski definition) is 5. The van der Waals surface area contributed by atoms with Crippen LogP contribution in [0.2, 0.25) is 0 Å². The standard InChI is InChI=1S/C23H23O7PS.K.H/c24-31(25)30-23(32(26,27)28)15-7-11-19-10-6-13-21(17-19)29-22-14-5-4-12-20(22)16-18-8-2-1-3-9-18;;/h1-6,8-10,12-14,17,23H,7,11,15-16H2,(H-,24,25,26,27,28);;/q;+1;-1/p+1. The topological polar surface area (TPSA) is 110 Å². The van der Waals surface area contributed by atoms with Crippen molar-refractivity contribution in [3.63, 3.8) is 0 Å². The summed E-state index contributed by atoms with van der Waals surface area (Å²) in [4.78, 5) is 8.79. The summed E-state index contributed by atoms with van der Waals surface area (Å²) in [6, 6.07) is 25.3. The van der Waals surface area contributed by atoms with E-state index in [2.05, 4.69) is 16.7 Å². The van der Waals surface area contributed by atoms with Gasteiger partial charge in [0.05, 0.1) is 0 Å². The van der Waals surface area contributed by atoms with Crippen LogP contribution in [0.4, 0.5) is 0 Å². The molecule has 0 fully saturated rings. The van der Waals surface area contributed by atoms with E-state index in [1.54, 1.807) is 0 Å². The van der Waals surface area contributed by atoms with E-state index >= 15 is 0 Å². The molecule has 3 rings (SSSR count). The van der Waals surface area contributed by atoms with Gasteiger partial charge in [0.15, 0.2) is 0 Å². The quantitative estimate of drug-likeness (QED) is 0.229. The average molecular weight is 516 g/mol. The molecule has 3 aromatic rings. The fraction of sp³-hybridized carbons (Fsp3) is 0.217. The number of rotatable bonds is 11. The number of aryl methyl sites for hydroxylation is 1. The largest absolute Gasteiger partial charge is 1.00 e. The van der Waals surface area contributed by atoms with E-state index in [9.17, 15) is 13.0 Å². The zero-order valence-electron chi connectivity index (χ0n) is 19.2. The molecule has 0 aromatic heterocycles. The zero-order chi connectivity index (χ0) is 23.0. The van der Waals surface area contributed by atoms with E-state index in [1.165, 1.54) is 5.56 Å². The Morgan fingerprint density at radius 2 is 1.61 bits per heavy atom. The van der Waals surface area contributed by atoms with Crippen molar-refractivity contribution in [1.82, 2.24) is 0 Å². The molecule has 0 heterocycles. The molecule has 0 saturated carbocycles. The second kappa shape index (κ2) is 13.8. The summed E-state index contributed by atoms with van der Waals surface area (Å²) in [6.07, 6.45) is 1.41. The van der Waals surface area contributed by atoms with Gasteiger partial charge in [-0.25, -0.2) is 0 Å². The Morgan fingerprint density at radius 1 is 0.939 bits per heavy atom. The Hall–Kier alpha value is -0.974. The molecule has 0 spiro atoms. The molecule has 0 aliphatic carbocycles. The third-order valence-electron chi connectivity index (χ3n) is 4.78. The predicted molar refractivity (Wildman–Crippen MR) is 123 cm³/mol. The van der Waals surface area contributed by atoms with Gasteiger partial charge in [0.1, 0.15) is 11.5 Å². The summed E-state index contributed by atoms with van der Waals surface area (Å²) in [5.74, 6) is 1.39. The van der Waals surface area contributed by atoms with Gasteiger partial charge >= 0.3 is 59.6 Å². The van der Waals surface area contributed by atoms with E-state index < -0.39 is 23.8 Å². The minimum atomic E-state index is -4.58. The molecule has 2 unspecified atom stereocenters. The van der Waals surface area contributed by atoms with Gasteiger partial charge in [-0.15, -0.1) is 4.89 Å². The molecule has 0 aliphatic heterocycles. The summed E-state index contributed by atoms with van der Waals surface area (Å²) in [5.41, 5.74) is 1.39. The predicted octanol–water partition coefficient (Wildman–Crippen LogP) is 2.39. The maximum Gasteiger partial charge on any atom is 1.00 e. The first kappa shape index (κ1) is 28.3. The van der Waals surface area contributed by atoms with Crippen molar-refractivity contribution in [1.29, 1.82) is 0 Å². The monoisotopic (exact) mass is 515 g/mol. The molecule has 3 aromatic carbocycles. The Balaban J connectivity index is 0.00000289. The molecule has 2 atom stereocenters. The van der Waals surface area contributed by atoms with Crippen molar-refractivity contribution in [2.24, 2.45) is 0 Å². The minimum Gasteiger partial charge on any atom is -1.00 e. The Morgan fingerprint density at radius 3 is 2.30 bits per heavy atom. The minimum absolute atomic E-state index is 0. The number of ether oxygens (including phenoxy) is 1. The first-order valence-corrected chi connectivity index (χ1v) is 12.6. The third kappa shape index (κ3) is 9.66. The number of benzene rings is 3. The van der Waals surface area contributed by atoms with Gasteiger partial charge in [0, 0.05) is 11.0 Å². The molecule has 0 radical (unpaired) electrons. The number of hydrogen-bond donors (Lipinski definition) is 2. The van der Waals surface area contributed by atoms with Gasteiger partial charge in [-0.05, 0) is 54.2 Å². The van der Waals surface area contributed by atoms with Crippen LogP contribution < -0.4 is 56.1 Å². The van der Waals surface area contributed by atoms with Crippen LogP contribution in [-0.4, -0.2) is 23.3 Å². The maximum atomic E-state index is 11.3. The van der Waals surface area contributed by atoms with Gasteiger partial charge in [0.2, 0.25) is 5.44 Å². The van der Waals surface area contributed by atoms with Crippen LogP contribution in [0.15, 0.2) is 78.9 Å². The maximum absolute atomic E-state index is 11.3. The fourth-order valence-corrected chi connectivity index (χ4v) is 4.71. The van der Waals surface area contributed by atoms with Gasteiger partial charge in [-0.3, -0.25) is 4.55 Å². The molecule has 0 bridgehead atoms. The molecule has 0 saturated heterocycles. The SMILES string of the molecule is O=[P+](O)OC(CCCc1cccc(Oc2ccccc2Cc2ccccc2)c1)S(=O)(=O)O.[H-].[K+]. The average Bonchev–Trinajstić information content (AvgIpc) is 2.75. The van der Waals surface area contributed by atoms with E-state index in [-0.39, 0.29) is 59.2 Å². The van der Waals surface area contributed by atoms with Gasteiger partial charge < -0.3 is 6.16 Å². The Labute approximate surface area is 238 Å². The van der Waals surface area contributed by atoms with Gasteiger partial charge in [-0.1, -0.05) is 65.2 Å². The van der Waals surface area contributed by atoms with Gasteiger partial charge in [-0.2, -0.15) is 8.42 Å². The zero-order valence-corrected chi connectivity index (χ0v) is 23.0. The van der Waals surface area contributed by atoms with Crippen LogP contribution in [0.3, 0.4) is 0 Å². The van der Waals surface area contributed by atoms with Crippen molar-refractivity contribution >= 4 is 18.4 Å². The molecular weight excluding hydrogens is 490 g/mol. The van der Waals surface area contributed by atoms with Crippen LogP contribution in [0.1, 0.15) is 31.0 Å². The van der Waals surface area contributed by atoms with Crippen LogP contribution in [0.25, 0.3) is 0 Å².